The maximum absolute atomic E-state index is 4.47. The zero-order valence-electron chi connectivity index (χ0n) is 12.5. The van der Waals surface area contributed by atoms with E-state index in [0.29, 0.717) is 0 Å². The molecule has 2 rings (SSSR count). The molecule has 0 fully saturated rings. The van der Waals surface area contributed by atoms with E-state index in [9.17, 15) is 0 Å². The predicted octanol–water partition coefficient (Wildman–Crippen LogP) is 1.97. The van der Waals surface area contributed by atoms with Crippen molar-refractivity contribution >= 4 is 41.3 Å². The van der Waals surface area contributed by atoms with E-state index in [1.54, 1.807) is 24.6 Å². The largest absolute Gasteiger partial charge is 0.354 e. The van der Waals surface area contributed by atoms with Crippen molar-refractivity contribution in [3.05, 3.63) is 34.8 Å². The van der Waals surface area contributed by atoms with E-state index in [4.69, 9.17) is 0 Å². The Kier molecular flexibility index (Phi) is 7.65. The lowest BCUT2D eigenvalue weighted by molar-refractivity contribution is 0.467. The molecule has 0 atom stereocenters. The van der Waals surface area contributed by atoms with Crippen LogP contribution in [0.2, 0.25) is 0 Å². The van der Waals surface area contributed by atoms with Crippen LogP contribution in [0.5, 0.6) is 0 Å². The minimum atomic E-state index is 0. The maximum Gasteiger partial charge on any atom is 0.193 e. The van der Waals surface area contributed by atoms with E-state index >= 15 is 0 Å². The Morgan fingerprint density at radius 1 is 1.52 bits per heavy atom. The fraction of sp³-hybridized carbons (Fsp3) is 0.462. The number of nitrogens with one attached hydrogen (secondary N) is 1. The van der Waals surface area contributed by atoms with Crippen molar-refractivity contribution in [3.63, 3.8) is 0 Å². The lowest BCUT2D eigenvalue weighted by Crippen LogP contribution is -2.39. The molecule has 0 saturated carbocycles. The second kappa shape index (κ2) is 8.98. The lowest BCUT2D eigenvalue weighted by atomic mass is 10.4. The minimum absolute atomic E-state index is 0. The number of imidazole rings is 1. The Bertz CT molecular complexity index is 551. The molecule has 8 heteroatoms. The Morgan fingerprint density at radius 3 is 2.90 bits per heavy atom. The molecule has 2 heterocycles. The van der Waals surface area contributed by atoms with E-state index in [2.05, 4.69) is 30.6 Å². The van der Waals surface area contributed by atoms with Crippen molar-refractivity contribution in [1.82, 2.24) is 24.8 Å². The van der Waals surface area contributed by atoms with Gasteiger partial charge >= 0.3 is 0 Å². The van der Waals surface area contributed by atoms with Gasteiger partial charge < -0.3 is 14.8 Å². The summed E-state index contributed by atoms with van der Waals surface area (Å²) in [4.78, 5) is 14.9. The third-order valence-corrected chi connectivity index (χ3v) is 3.67. The Morgan fingerprint density at radius 2 is 2.33 bits per heavy atom. The van der Waals surface area contributed by atoms with E-state index in [1.807, 2.05) is 31.1 Å². The fourth-order valence-electron chi connectivity index (χ4n) is 1.90. The first-order chi connectivity index (χ1) is 9.69. The van der Waals surface area contributed by atoms with Gasteiger partial charge in [-0.1, -0.05) is 0 Å². The number of aromatic nitrogens is 3. The van der Waals surface area contributed by atoms with Crippen molar-refractivity contribution in [1.29, 1.82) is 0 Å². The van der Waals surface area contributed by atoms with Gasteiger partial charge in [0.1, 0.15) is 0 Å². The number of hydrogen-bond acceptors (Lipinski definition) is 4. The van der Waals surface area contributed by atoms with Crippen LogP contribution in [0.15, 0.2) is 29.1 Å². The van der Waals surface area contributed by atoms with Gasteiger partial charge in [-0.2, -0.15) is 0 Å². The molecule has 6 nitrogen and oxygen atoms in total. The molecule has 1 N–H and O–H groups in total. The molecule has 116 valence electrons. The van der Waals surface area contributed by atoms with Gasteiger partial charge in [-0.15, -0.1) is 35.3 Å². The highest BCUT2D eigenvalue weighted by atomic mass is 127. The second-order valence-corrected chi connectivity index (χ2v) is 5.55. The highest BCUT2D eigenvalue weighted by Gasteiger charge is 2.08. The Hall–Kier alpha value is -1.16. The van der Waals surface area contributed by atoms with Gasteiger partial charge in [-0.05, 0) is 6.92 Å². The summed E-state index contributed by atoms with van der Waals surface area (Å²) >= 11 is 1.67. The quantitative estimate of drug-likeness (QED) is 0.457. The molecule has 0 aliphatic rings. The summed E-state index contributed by atoms with van der Waals surface area (Å²) < 4.78 is 2.03. The molecule has 0 radical (unpaired) electrons. The first kappa shape index (κ1) is 17.9. The number of rotatable bonds is 5. The van der Waals surface area contributed by atoms with Gasteiger partial charge in [0, 0.05) is 45.0 Å². The molecule has 0 aliphatic carbocycles. The number of aryl methyl sites for hydroxylation is 1. The molecule has 0 aromatic carbocycles. The first-order valence-corrected chi connectivity index (χ1v) is 7.35. The van der Waals surface area contributed by atoms with Crippen LogP contribution in [-0.2, 0) is 13.1 Å². The monoisotopic (exact) mass is 420 g/mol. The number of hydrogen-bond donors (Lipinski definition) is 1. The smallest absolute Gasteiger partial charge is 0.193 e. The fourth-order valence-corrected chi connectivity index (χ4v) is 2.50. The summed E-state index contributed by atoms with van der Waals surface area (Å²) in [5, 5.41) is 6.52. The Balaban J connectivity index is 0.00000220. The molecule has 0 unspecified atom stereocenters. The summed E-state index contributed by atoms with van der Waals surface area (Å²) in [6, 6.07) is 0. The summed E-state index contributed by atoms with van der Waals surface area (Å²) in [5.74, 6) is 0.871. The van der Waals surface area contributed by atoms with Crippen LogP contribution in [0, 0.1) is 6.92 Å². The van der Waals surface area contributed by atoms with E-state index < -0.39 is 0 Å². The van der Waals surface area contributed by atoms with E-state index in [1.165, 1.54) is 0 Å². The standard InChI is InChI=1S/C13H20N6S.HI/c1-11-17-12(9-20-11)8-18(3)13(14-2)16-5-7-19-6-4-15-10-19;/h4,6,9-10H,5,7-8H2,1-3H3,(H,14,16);1H. The van der Waals surface area contributed by atoms with Crippen molar-refractivity contribution in [2.24, 2.45) is 4.99 Å². The van der Waals surface area contributed by atoms with Crippen molar-refractivity contribution in [2.75, 3.05) is 20.6 Å². The van der Waals surface area contributed by atoms with Crippen LogP contribution in [-0.4, -0.2) is 46.0 Å². The molecule has 2 aromatic heterocycles. The van der Waals surface area contributed by atoms with Crippen molar-refractivity contribution in [3.8, 4) is 0 Å². The van der Waals surface area contributed by atoms with Gasteiger partial charge in [0.2, 0.25) is 0 Å². The highest BCUT2D eigenvalue weighted by molar-refractivity contribution is 14.0. The molecule has 0 spiro atoms. The lowest BCUT2D eigenvalue weighted by Gasteiger charge is -2.21. The molecular weight excluding hydrogens is 399 g/mol. The number of aliphatic imine (C=N–C) groups is 1. The Labute approximate surface area is 146 Å². The SMILES string of the molecule is CN=C(NCCn1ccnc1)N(C)Cc1csc(C)n1.I. The summed E-state index contributed by atoms with van der Waals surface area (Å²) in [5.41, 5.74) is 1.08. The summed E-state index contributed by atoms with van der Waals surface area (Å²) in [7, 11) is 3.81. The van der Waals surface area contributed by atoms with Gasteiger partial charge in [0.15, 0.2) is 5.96 Å². The molecular formula is C13H21IN6S. The van der Waals surface area contributed by atoms with Gasteiger partial charge in [0.05, 0.1) is 23.6 Å². The third-order valence-electron chi connectivity index (χ3n) is 2.85. The van der Waals surface area contributed by atoms with Crippen molar-refractivity contribution in [2.45, 2.75) is 20.0 Å². The zero-order chi connectivity index (χ0) is 14.4. The molecule has 0 aliphatic heterocycles. The van der Waals surface area contributed by atoms with E-state index in [-0.39, 0.29) is 24.0 Å². The number of guanidine groups is 1. The number of nitrogens with zero attached hydrogens (tertiary/aromatic N) is 5. The van der Waals surface area contributed by atoms with Gasteiger partial charge in [-0.3, -0.25) is 4.99 Å². The second-order valence-electron chi connectivity index (χ2n) is 4.49. The van der Waals surface area contributed by atoms with Crippen LogP contribution in [0.1, 0.15) is 10.7 Å². The van der Waals surface area contributed by atoms with Crippen LogP contribution in [0.4, 0.5) is 0 Å². The van der Waals surface area contributed by atoms with Crippen molar-refractivity contribution < 1.29 is 0 Å². The van der Waals surface area contributed by atoms with Gasteiger partial charge in [0.25, 0.3) is 0 Å². The number of thiazole rings is 1. The van der Waals surface area contributed by atoms with Crippen LogP contribution < -0.4 is 5.32 Å². The predicted molar refractivity (Wildman–Crippen MR) is 97.3 cm³/mol. The molecule has 21 heavy (non-hydrogen) atoms. The average Bonchev–Trinajstić information content (AvgIpc) is 3.06. The first-order valence-electron chi connectivity index (χ1n) is 6.47. The zero-order valence-corrected chi connectivity index (χ0v) is 15.6. The maximum atomic E-state index is 4.47. The van der Waals surface area contributed by atoms with Crippen LogP contribution in [0.25, 0.3) is 0 Å². The van der Waals surface area contributed by atoms with E-state index in [0.717, 1.165) is 36.3 Å². The summed E-state index contributed by atoms with van der Waals surface area (Å²) in [6.45, 7) is 4.45. The summed E-state index contributed by atoms with van der Waals surface area (Å²) in [6.07, 6.45) is 5.55. The molecule has 0 bridgehead atoms. The minimum Gasteiger partial charge on any atom is -0.354 e. The molecule has 0 amide bonds. The van der Waals surface area contributed by atoms with Crippen LogP contribution >= 0.6 is 35.3 Å². The topological polar surface area (TPSA) is 58.3 Å². The molecule has 2 aromatic rings. The van der Waals surface area contributed by atoms with Gasteiger partial charge in [-0.25, -0.2) is 9.97 Å². The normalized spacial score (nSPS) is 11.1. The number of halogens is 1. The molecule has 0 saturated heterocycles. The van der Waals surface area contributed by atoms with Crippen LogP contribution in [0.3, 0.4) is 0 Å². The highest BCUT2D eigenvalue weighted by Crippen LogP contribution is 2.09. The third kappa shape index (κ3) is 5.62. The average molecular weight is 420 g/mol.